The van der Waals surface area contributed by atoms with E-state index >= 15 is 4.39 Å². The van der Waals surface area contributed by atoms with E-state index in [1.807, 2.05) is 0 Å². The van der Waals surface area contributed by atoms with Crippen molar-refractivity contribution in [1.82, 2.24) is 5.32 Å². The fourth-order valence-corrected chi connectivity index (χ4v) is 6.63. The first kappa shape index (κ1) is 45.8. The van der Waals surface area contributed by atoms with Crippen molar-refractivity contribution < 1.29 is 62.8 Å². The SMILES string of the molecule is CCCCCCCCCCC[C@@H](O)CC(=O)O[C@H]1[C@H](OP(=O)(O)O)[C@@H](CO)OC(O)[C@@H]1NC(=O)[C@@H](F)[C@H](O)CCCCCCCCCCC. The average molecular weight is 730 g/mol. The Morgan fingerprint density at radius 1 is 0.796 bits per heavy atom. The zero-order chi connectivity index (χ0) is 36.7. The van der Waals surface area contributed by atoms with Gasteiger partial charge in [-0.2, -0.15) is 0 Å². The number of hydrogen-bond acceptors (Lipinski definition) is 10. The number of hydrogen-bond donors (Lipinski definition) is 7. The maximum Gasteiger partial charge on any atom is 0.470 e. The van der Waals surface area contributed by atoms with E-state index in [9.17, 15) is 44.4 Å². The maximum atomic E-state index is 15.0. The molecule has 49 heavy (non-hydrogen) atoms. The lowest BCUT2D eigenvalue weighted by Gasteiger charge is -2.43. The van der Waals surface area contributed by atoms with Gasteiger partial charge in [-0.25, -0.2) is 8.96 Å². The predicted molar refractivity (Wildman–Crippen MR) is 182 cm³/mol. The fourth-order valence-electron chi connectivity index (χ4n) is 6.06. The molecule has 13 nitrogen and oxygen atoms in total. The number of esters is 1. The van der Waals surface area contributed by atoms with Crippen molar-refractivity contribution in [3.05, 3.63) is 0 Å². The van der Waals surface area contributed by atoms with Crippen LogP contribution in [0.25, 0.3) is 0 Å². The zero-order valence-electron chi connectivity index (χ0n) is 29.6. The van der Waals surface area contributed by atoms with E-state index in [1.54, 1.807) is 0 Å². The van der Waals surface area contributed by atoms with E-state index < -0.39 is 81.8 Å². The van der Waals surface area contributed by atoms with Gasteiger partial charge in [-0.3, -0.25) is 14.1 Å². The minimum atomic E-state index is -5.31. The van der Waals surface area contributed by atoms with Crippen LogP contribution in [0.1, 0.15) is 149 Å². The molecule has 0 aromatic heterocycles. The molecule has 0 aromatic rings. The van der Waals surface area contributed by atoms with E-state index in [4.69, 9.17) is 14.0 Å². The summed E-state index contributed by atoms with van der Waals surface area (Å²) in [7, 11) is -5.31. The Kier molecular flexibility index (Phi) is 24.8. The zero-order valence-corrected chi connectivity index (χ0v) is 30.5. The summed E-state index contributed by atoms with van der Waals surface area (Å²) in [5.74, 6) is -2.42. The van der Waals surface area contributed by atoms with Crippen LogP contribution >= 0.6 is 7.82 Å². The minimum absolute atomic E-state index is 0.0000670. The number of carbonyl (C=O) groups excluding carboxylic acids is 2. The van der Waals surface area contributed by atoms with Crippen molar-refractivity contribution in [2.24, 2.45) is 0 Å². The molecule has 1 aliphatic rings. The molecule has 1 amide bonds. The second-order valence-electron chi connectivity index (χ2n) is 13.4. The third kappa shape index (κ3) is 20.4. The molecule has 1 saturated heterocycles. The van der Waals surface area contributed by atoms with Gasteiger partial charge >= 0.3 is 13.8 Å². The number of amides is 1. The van der Waals surface area contributed by atoms with Gasteiger partial charge in [-0.15, -0.1) is 0 Å². The molecule has 15 heteroatoms. The number of nitrogens with one attached hydrogen (secondary N) is 1. The Morgan fingerprint density at radius 2 is 1.27 bits per heavy atom. The number of halogens is 1. The van der Waals surface area contributed by atoms with Gasteiger partial charge in [0.25, 0.3) is 5.91 Å². The minimum Gasteiger partial charge on any atom is -0.457 e. The first-order chi connectivity index (χ1) is 23.3. The summed E-state index contributed by atoms with van der Waals surface area (Å²) in [6.45, 7) is 3.39. The van der Waals surface area contributed by atoms with E-state index in [-0.39, 0.29) is 6.42 Å². The highest BCUT2D eigenvalue weighted by Crippen LogP contribution is 2.42. The third-order valence-corrected chi connectivity index (χ3v) is 9.43. The van der Waals surface area contributed by atoms with Crippen LogP contribution in [-0.4, -0.2) is 97.7 Å². The topological polar surface area (TPSA) is 212 Å². The van der Waals surface area contributed by atoms with Gasteiger partial charge in [0.05, 0.1) is 25.2 Å². The summed E-state index contributed by atoms with van der Waals surface area (Å²) in [5.41, 5.74) is 0. The number of phosphoric acid groups is 1. The molecule has 1 heterocycles. The Hall–Kier alpha value is -1.22. The molecular weight excluding hydrogens is 664 g/mol. The molecule has 1 rings (SSSR count). The normalized spacial score (nSPS) is 23.2. The van der Waals surface area contributed by atoms with Gasteiger partial charge in [-0.1, -0.05) is 129 Å². The third-order valence-electron chi connectivity index (χ3n) is 8.92. The number of rotatable bonds is 29. The van der Waals surface area contributed by atoms with Crippen LogP contribution in [0.3, 0.4) is 0 Å². The standard InChI is InChI=1S/C34H65FNO12P/c1-3-5-7-9-11-13-15-17-19-21-25(38)23-28(40)47-32-30(34(42)46-27(24-37)31(32)48-49(43,44)45)36-33(41)29(35)26(39)22-20-18-16-14-12-10-8-6-4-2/h25-27,29-32,34,37-39,42H,3-24H2,1-2H3,(H,36,41)(H2,43,44,45)/t25-,26-,27-,29+,30-,31-,32-,34?/m1/s1. The van der Waals surface area contributed by atoms with Crippen LogP contribution in [0.2, 0.25) is 0 Å². The first-order valence-electron chi connectivity index (χ1n) is 18.5. The van der Waals surface area contributed by atoms with Gasteiger partial charge in [0.15, 0.2) is 12.4 Å². The average Bonchev–Trinajstić information content (AvgIpc) is 3.04. The monoisotopic (exact) mass is 729 g/mol. The summed E-state index contributed by atoms with van der Waals surface area (Å²) in [5, 5.41) is 43.3. The quantitative estimate of drug-likeness (QED) is 0.0313. The lowest BCUT2D eigenvalue weighted by atomic mass is 9.96. The van der Waals surface area contributed by atoms with Crippen molar-refractivity contribution in [2.75, 3.05) is 6.61 Å². The number of aliphatic hydroxyl groups is 4. The Labute approximate surface area is 291 Å². The van der Waals surface area contributed by atoms with Crippen molar-refractivity contribution in [2.45, 2.75) is 198 Å². The van der Waals surface area contributed by atoms with Gasteiger partial charge in [0, 0.05) is 0 Å². The van der Waals surface area contributed by atoms with E-state index in [2.05, 4.69) is 19.2 Å². The number of ether oxygens (including phenoxy) is 2. The Balaban J connectivity index is 2.77. The summed E-state index contributed by atoms with van der Waals surface area (Å²) in [4.78, 5) is 44.7. The highest BCUT2D eigenvalue weighted by molar-refractivity contribution is 7.46. The molecule has 8 atom stereocenters. The van der Waals surface area contributed by atoms with E-state index in [0.717, 1.165) is 57.8 Å². The van der Waals surface area contributed by atoms with Gasteiger partial charge in [-0.05, 0) is 12.8 Å². The first-order valence-corrected chi connectivity index (χ1v) is 20.1. The molecule has 1 aliphatic heterocycles. The molecule has 7 N–H and O–H groups in total. The summed E-state index contributed by atoms with van der Waals surface area (Å²) >= 11 is 0. The van der Waals surface area contributed by atoms with E-state index in [1.165, 1.54) is 44.9 Å². The lowest BCUT2D eigenvalue weighted by molar-refractivity contribution is -0.256. The Morgan fingerprint density at radius 3 is 1.73 bits per heavy atom. The fraction of sp³-hybridized carbons (Fsp3) is 0.941. The summed E-state index contributed by atoms with van der Waals surface area (Å²) < 4.78 is 42.1. The van der Waals surface area contributed by atoms with Crippen LogP contribution in [0.15, 0.2) is 0 Å². The molecule has 0 spiro atoms. The largest absolute Gasteiger partial charge is 0.470 e. The maximum absolute atomic E-state index is 15.0. The van der Waals surface area contributed by atoms with Crippen LogP contribution in [-0.2, 0) is 28.2 Å². The van der Waals surface area contributed by atoms with Crippen LogP contribution in [0, 0.1) is 0 Å². The summed E-state index contributed by atoms with van der Waals surface area (Å²) in [6, 6.07) is -1.80. The molecule has 0 aromatic carbocycles. The number of phosphoric ester groups is 1. The summed E-state index contributed by atoms with van der Waals surface area (Å²) in [6.07, 6.45) is 5.79. The van der Waals surface area contributed by atoms with Gasteiger partial charge < -0.3 is 45.0 Å². The van der Waals surface area contributed by atoms with Gasteiger partial charge in [0.2, 0.25) is 6.17 Å². The second kappa shape index (κ2) is 26.5. The van der Waals surface area contributed by atoms with Crippen molar-refractivity contribution in [3.63, 3.8) is 0 Å². The molecular formula is C34H65FNO12P. The van der Waals surface area contributed by atoms with E-state index in [0.29, 0.717) is 19.3 Å². The van der Waals surface area contributed by atoms with Crippen molar-refractivity contribution in [3.8, 4) is 0 Å². The molecule has 0 bridgehead atoms. The number of carbonyl (C=O) groups is 2. The molecule has 1 unspecified atom stereocenters. The number of alkyl halides is 1. The number of aliphatic hydroxyl groups excluding tert-OH is 4. The Bertz CT molecular complexity index is 928. The van der Waals surface area contributed by atoms with Crippen molar-refractivity contribution >= 4 is 19.7 Å². The second-order valence-corrected chi connectivity index (χ2v) is 14.6. The smallest absolute Gasteiger partial charge is 0.457 e. The van der Waals surface area contributed by atoms with Crippen LogP contribution in [0.5, 0.6) is 0 Å². The molecule has 0 radical (unpaired) electrons. The van der Waals surface area contributed by atoms with Gasteiger partial charge in [0.1, 0.15) is 18.2 Å². The van der Waals surface area contributed by atoms with Crippen LogP contribution < -0.4 is 5.32 Å². The lowest BCUT2D eigenvalue weighted by Crippen LogP contribution is -2.66. The molecule has 290 valence electrons. The number of unbranched alkanes of at least 4 members (excludes halogenated alkanes) is 16. The molecule has 0 aliphatic carbocycles. The predicted octanol–water partition coefficient (Wildman–Crippen LogP) is 4.86. The highest BCUT2D eigenvalue weighted by atomic mass is 31.2. The molecule has 0 saturated carbocycles. The molecule has 1 fully saturated rings. The van der Waals surface area contributed by atoms with Crippen molar-refractivity contribution in [1.29, 1.82) is 0 Å². The van der Waals surface area contributed by atoms with Crippen LogP contribution in [0.4, 0.5) is 4.39 Å². The highest BCUT2D eigenvalue weighted by Gasteiger charge is 2.51.